The van der Waals surface area contributed by atoms with E-state index < -0.39 is 0 Å². The third-order valence-electron chi connectivity index (χ3n) is 3.46. The third kappa shape index (κ3) is 3.00. The molecule has 23 heavy (non-hydrogen) atoms. The highest BCUT2D eigenvalue weighted by molar-refractivity contribution is 9.10. The van der Waals surface area contributed by atoms with Gasteiger partial charge in [0.05, 0.1) is 11.9 Å². The van der Waals surface area contributed by atoms with E-state index in [0.29, 0.717) is 24.7 Å². The SMILES string of the molecule is Brc1cccc(Cc2nnc(Cn3nnc4ccccc43)o2)c1. The summed E-state index contributed by atoms with van der Waals surface area (Å²) in [4.78, 5) is 0. The van der Waals surface area contributed by atoms with E-state index in [1.165, 1.54) is 0 Å². The summed E-state index contributed by atoms with van der Waals surface area (Å²) in [6.45, 7) is 0.409. The molecule has 0 unspecified atom stereocenters. The molecule has 2 heterocycles. The van der Waals surface area contributed by atoms with Crippen LogP contribution in [0.4, 0.5) is 0 Å². The molecule has 4 aromatic rings. The van der Waals surface area contributed by atoms with E-state index in [-0.39, 0.29) is 0 Å². The van der Waals surface area contributed by atoms with Crippen molar-refractivity contribution in [2.24, 2.45) is 0 Å². The van der Waals surface area contributed by atoms with Crippen molar-refractivity contribution < 1.29 is 4.42 Å². The Morgan fingerprint density at radius 2 is 1.83 bits per heavy atom. The van der Waals surface area contributed by atoms with Gasteiger partial charge >= 0.3 is 0 Å². The molecule has 0 bridgehead atoms. The summed E-state index contributed by atoms with van der Waals surface area (Å²) >= 11 is 3.46. The van der Waals surface area contributed by atoms with Gasteiger partial charge < -0.3 is 4.42 Å². The maximum Gasteiger partial charge on any atom is 0.238 e. The minimum absolute atomic E-state index is 0.409. The molecule has 0 atom stereocenters. The second-order valence-corrected chi connectivity index (χ2v) is 6.05. The van der Waals surface area contributed by atoms with Crippen LogP contribution in [0, 0.1) is 0 Å². The summed E-state index contributed by atoms with van der Waals surface area (Å²) in [6, 6.07) is 15.8. The van der Waals surface area contributed by atoms with Gasteiger partial charge in [-0.2, -0.15) is 0 Å². The summed E-state index contributed by atoms with van der Waals surface area (Å²) in [5.74, 6) is 1.10. The predicted octanol–water partition coefficient (Wildman–Crippen LogP) is 3.22. The van der Waals surface area contributed by atoms with Crippen molar-refractivity contribution in [3.63, 3.8) is 0 Å². The van der Waals surface area contributed by atoms with Gasteiger partial charge in [0.15, 0.2) is 0 Å². The number of benzene rings is 2. The molecule has 7 heteroatoms. The zero-order chi connectivity index (χ0) is 15.6. The van der Waals surface area contributed by atoms with Crippen LogP contribution < -0.4 is 0 Å². The molecule has 0 saturated heterocycles. The normalized spacial score (nSPS) is 11.2. The van der Waals surface area contributed by atoms with Crippen LogP contribution in [0.5, 0.6) is 0 Å². The molecule has 0 amide bonds. The molecule has 0 aliphatic carbocycles. The van der Waals surface area contributed by atoms with Gasteiger partial charge in [0.1, 0.15) is 12.1 Å². The minimum atomic E-state index is 0.409. The molecule has 0 saturated carbocycles. The number of rotatable bonds is 4. The Morgan fingerprint density at radius 1 is 0.957 bits per heavy atom. The number of hydrogen-bond acceptors (Lipinski definition) is 5. The maximum absolute atomic E-state index is 5.72. The standard InChI is InChI=1S/C16H12BrN5O/c17-12-5-3-4-11(8-12)9-15-19-20-16(23-15)10-22-14-7-2-1-6-13(14)18-21-22/h1-8H,9-10H2. The Bertz CT molecular complexity index is 962. The molecular formula is C16H12BrN5O. The maximum atomic E-state index is 5.72. The number of hydrogen-bond donors (Lipinski definition) is 0. The smallest absolute Gasteiger partial charge is 0.238 e. The van der Waals surface area contributed by atoms with Gasteiger partial charge in [0.2, 0.25) is 11.8 Å². The largest absolute Gasteiger partial charge is 0.423 e. The topological polar surface area (TPSA) is 69.6 Å². The molecule has 0 aliphatic heterocycles. The van der Waals surface area contributed by atoms with Crippen molar-refractivity contribution in [2.45, 2.75) is 13.0 Å². The highest BCUT2D eigenvalue weighted by Crippen LogP contribution is 2.16. The number of aromatic nitrogens is 5. The van der Waals surface area contributed by atoms with Gasteiger partial charge in [-0.05, 0) is 29.8 Å². The number of para-hydroxylation sites is 1. The molecule has 0 N–H and O–H groups in total. The van der Waals surface area contributed by atoms with Crippen LogP contribution in [0.3, 0.4) is 0 Å². The lowest BCUT2D eigenvalue weighted by Gasteiger charge is -1.98. The van der Waals surface area contributed by atoms with Gasteiger partial charge in [-0.15, -0.1) is 15.3 Å². The minimum Gasteiger partial charge on any atom is -0.423 e. The van der Waals surface area contributed by atoms with Crippen LogP contribution in [0.25, 0.3) is 11.0 Å². The Morgan fingerprint density at radius 3 is 2.74 bits per heavy atom. The number of halogens is 1. The lowest BCUT2D eigenvalue weighted by Crippen LogP contribution is -2.02. The van der Waals surface area contributed by atoms with E-state index in [2.05, 4.69) is 36.4 Å². The second kappa shape index (κ2) is 5.92. The van der Waals surface area contributed by atoms with Crippen LogP contribution in [-0.2, 0) is 13.0 Å². The fourth-order valence-electron chi connectivity index (χ4n) is 2.41. The van der Waals surface area contributed by atoms with Crippen LogP contribution in [-0.4, -0.2) is 25.2 Å². The molecule has 0 aliphatic rings. The summed E-state index contributed by atoms with van der Waals surface area (Å²) in [7, 11) is 0. The van der Waals surface area contributed by atoms with Gasteiger partial charge in [0, 0.05) is 4.47 Å². The molecule has 6 nitrogen and oxygen atoms in total. The van der Waals surface area contributed by atoms with Crippen LogP contribution in [0.1, 0.15) is 17.3 Å². The van der Waals surface area contributed by atoms with E-state index in [9.17, 15) is 0 Å². The quantitative estimate of drug-likeness (QED) is 0.552. The van der Waals surface area contributed by atoms with E-state index in [0.717, 1.165) is 21.1 Å². The fourth-order valence-corrected chi connectivity index (χ4v) is 2.85. The first-order valence-corrected chi connectivity index (χ1v) is 7.91. The monoisotopic (exact) mass is 369 g/mol. The number of nitrogens with zero attached hydrogens (tertiary/aromatic N) is 5. The van der Waals surface area contributed by atoms with Crippen molar-refractivity contribution in [1.82, 2.24) is 25.2 Å². The molecule has 0 spiro atoms. The molecule has 2 aromatic heterocycles. The molecule has 0 fully saturated rings. The second-order valence-electron chi connectivity index (χ2n) is 5.13. The van der Waals surface area contributed by atoms with Crippen molar-refractivity contribution in [1.29, 1.82) is 0 Å². The van der Waals surface area contributed by atoms with Gasteiger partial charge in [-0.1, -0.05) is 45.4 Å². The van der Waals surface area contributed by atoms with Crippen LogP contribution in [0.15, 0.2) is 57.4 Å². The Kier molecular flexibility index (Phi) is 3.63. The lowest BCUT2D eigenvalue weighted by atomic mass is 10.1. The first-order valence-electron chi connectivity index (χ1n) is 7.12. The van der Waals surface area contributed by atoms with Crippen molar-refractivity contribution >= 4 is 27.0 Å². The summed E-state index contributed by atoms with van der Waals surface area (Å²) in [5, 5.41) is 16.5. The lowest BCUT2D eigenvalue weighted by molar-refractivity contribution is 0.436. The van der Waals surface area contributed by atoms with E-state index in [4.69, 9.17) is 4.42 Å². The van der Waals surface area contributed by atoms with E-state index in [1.807, 2.05) is 48.5 Å². The zero-order valence-electron chi connectivity index (χ0n) is 12.1. The predicted molar refractivity (Wildman–Crippen MR) is 87.9 cm³/mol. The van der Waals surface area contributed by atoms with Crippen molar-refractivity contribution in [2.75, 3.05) is 0 Å². The average Bonchev–Trinajstić information content (AvgIpc) is 3.16. The van der Waals surface area contributed by atoms with E-state index in [1.54, 1.807) is 4.68 Å². The molecule has 4 rings (SSSR count). The first kappa shape index (κ1) is 14.1. The first-order chi connectivity index (χ1) is 11.3. The summed E-state index contributed by atoms with van der Waals surface area (Å²) in [5.41, 5.74) is 2.90. The Hall–Kier alpha value is -2.54. The van der Waals surface area contributed by atoms with E-state index >= 15 is 0 Å². The van der Waals surface area contributed by atoms with Gasteiger partial charge in [-0.25, -0.2) is 4.68 Å². The molecular weight excluding hydrogens is 358 g/mol. The van der Waals surface area contributed by atoms with Gasteiger partial charge in [-0.3, -0.25) is 0 Å². The molecule has 114 valence electrons. The number of fused-ring (bicyclic) bond motifs is 1. The molecule has 0 radical (unpaired) electrons. The van der Waals surface area contributed by atoms with Crippen LogP contribution in [0.2, 0.25) is 0 Å². The average molecular weight is 370 g/mol. The van der Waals surface area contributed by atoms with Crippen molar-refractivity contribution in [3.05, 3.63) is 70.3 Å². The Balaban J connectivity index is 1.54. The Labute approximate surface area is 140 Å². The third-order valence-corrected chi connectivity index (χ3v) is 3.95. The highest BCUT2D eigenvalue weighted by Gasteiger charge is 2.10. The summed E-state index contributed by atoms with van der Waals surface area (Å²) < 4.78 is 8.51. The van der Waals surface area contributed by atoms with Crippen molar-refractivity contribution in [3.8, 4) is 0 Å². The van der Waals surface area contributed by atoms with Crippen LogP contribution >= 0.6 is 15.9 Å². The fraction of sp³-hybridized carbons (Fsp3) is 0.125. The zero-order valence-corrected chi connectivity index (χ0v) is 13.6. The highest BCUT2D eigenvalue weighted by atomic mass is 79.9. The summed E-state index contributed by atoms with van der Waals surface area (Å²) in [6.07, 6.45) is 0.602. The van der Waals surface area contributed by atoms with Gasteiger partial charge in [0.25, 0.3) is 0 Å². The molecule has 2 aromatic carbocycles.